The van der Waals surface area contributed by atoms with Crippen LogP contribution in [0.5, 0.6) is 0 Å². The monoisotopic (exact) mass is 454 g/mol. The summed E-state index contributed by atoms with van der Waals surface area (Å²) >= 11 is 0. The first kappa shape index (κ1) is 21.0. The molecule has 0 spiro atoms. The summed E-state index contributed by atoms with van der Waals surface area (Å²) in [4.78, 5) is 32.4. The summed E-state index contributed by atoms with van der Waals surface area (Å²) in [6.07, 6.45) is 7.44. The predicted octanol–water partition coefficient (Wildman–Crippen LogP) is 4.65. The van der Waals surface area contributed by atoms with Crippen LogP contribution in [0.2, 0.25) is 0 Å². The number of hydrogen-bond acceptors (Lipinski definition) is 3. The van der Waals surface area contributed by atoms with Crippen molar-refractivity contribution in [3.63, 3.8) is 0 Å². The van der Waals surface area contributed by atoms with Gasteiger partial charge in [-0.2, -0.15) is 0 Å². The second kappa shape index (κ2) is 8.35. The largest absolute Gasteiger partial charge is 0.361 e. The summed E-state index contributed by atoms with van der Waals surface area (Å²) in [5.74, 6) is 0.953. The van der Waals surface area contributed by atoms with Crippen molar-refractivity contribution in [1.29, 1.82) is 0 Å². The average Bonchev–Trinajstić information content (AvgIpc) is 3.39. The lowest BCUT2D eigenvalue weighted by Gasteiger charge is -2.38. The van der Waals surface area contributed by atoms with E-state index in [0.717, 1.165) is 61.2 Å². The molecular formula is C28H30N4O2. The molecular weight excluding hydrogens is 424 g/mol. The highest BCUT2D eigenvalue weighted by Crippen LogP contribution is 2.35. The van der Waals surface area contributed by atoms with E-state index in [-0.39, 0.29) is 18.0 Å². The Labute approximate surface area is 199 Å². The summed E-state index contributed by atoms with van der Waals surface area (Å²) in [5, 5.41) is 4.37. The maximum absolute atomic E-state index is 12.5. The van der Waals surface area contributed by atoms with E-state index < -0.39 is 0 Å². The lowest BCUT2D eigenvalue weighted by molar-refractivity contribution is -0.131. The molecule has 2 fully saturated rings. The molecule has 2 N–H and O–H groups in total. The number of fused-ring (bicyclic) bond motifs is 1. The third-order valence-electron chi connectivity index (χ3n) is 7.46. The van der Waals surface area contributed by atoms with E-state index in [1.54, 1.807) is 6.08 Å². The first-order valence-electron chi connectivity index (χ1n) is 12.3. The number of anilines is 1. The maximum atomic E-state index is 12.5. The number of nitrogens with one attached hydrogen (secondary N) is 2. The Morgan fingerprint density at radius 2 is 1.82 bits per heavy atom. The van der Waals surface area contributed by atoms with Gasteiger partial charge in [-0.3, -0.25) is 9.59 Å². The van der Waals surface area contributed by atoms with Crippen LogP contribution in [0.15, 0.2) is 66.5 Å². The lowest BCUT2D eigenvalue weighted by atomic mass is 9.99. The molecule has 6 rings (SSSR count). The highest BCUT2D eigenvalue weighted by atomic mass is 16.2. The number of aromatic amines is 1. The maximum Gasteiger partial charge on any atom is 0.247 e. The minimum Gasteiger partial charge on any atom is -0.361 e. The first-order chi connectivity index (χ1) is 16.5. The van der Waals surface area contributed by atoms with Gasteiger partial charge in [-0.05, 0) is 79.3 Å². The van der Waals surface area contributed by atoms with Crippen molar-refractivity contribution in [2.24, 2.45) is 11.8 Å². The van der Waals surface area contributed by atoms with E-state index in [1.165, 1.54) is 10.9 Å². The standard InChI is InChI=1S/C28H30N4O2/c1-18-14-27(33)30-26(15-19-11-13-31(17-19)28(34)22-3-4-22)32(18)24-8-6-20(7-9-24)23-5-2-21-10-12-29-25(21)16-23/h2,5-10,12,14,16,19,22,26,29H,3-4,11,13,15,17H2,1H3,(H,30,33)/t19-,26?/m0/s1. The number of rotatable bonds is 5. The minimum atomic E-state index is -0.111. The molecule has 3 aromatic rings. The van der Waals surface area contributed by atoms with Crippen molar-refractivity contribution in [1.82, 2.24) is 15.2 Å². The molecule has 1 aromatic heterocycles. The van der Waals surface area contributed by atoms with Gasteiger partial charge in [0.05, 0.1) is 0 Å². The Morgan fingerprint density at radius 3 is 2.62 bits per heavy atom. The Morgan fingerprint density at radius 1 is 1.03 bits per heavy atom. The molecule has 6 heteroatoms. The van der Waals surface area contributed by atoms with Crippen LogP contribution < -0.4 is 10.2 Å². The van der Waals surface area contributed by atoms with Gasteiger partial charge in [0.2, 0.25) is 11.8 Å². The van der Waals surface area contributed by atoms with Gasteiger partial charge < -0.3 is 20.1 Å². The van der Waals surface area contributed by atoms with Gasteiger partial charge in [0, 0.05) is 48.2 Å². The smallest absolute Gasteiger partial charge is 0.247 e. The molecule has 1 unspecified atom stereocenters. The zero-order chi connectivity index (χ0) is 23.2. The molecule has 174 valence electrons. The van der Waals surface area contributed by atoms with Crippen LogP contribution in [0.1, 0.15) is 32.6 Å². The molecule has 2 amide bonds. The van der Waals surface area contributed by atoms with Crippen molar-refractivity contribution in [3.05, 3.63) is 66.5 Å². The summed E-state index contributed by atoms with van der Waals surface area (Å²) in [6.45, 7) is 3.64. The number of carbonyl (C=O) groups is 2. The SMILES string of the molecule is CC1=CC(=O)NC(C[C@@H]2CCN(C(=O)C3CC3)C2)N1c1ccc(-c2ccc3cc[nH]c3c2)cc1. The number of amides is 2. The topological polar surface area (TPSA) is 68.4 Å². The van der Waals surface area contributed by atoms with E-state index in [1.807, 2.05) is 18.0 Å². The number of benzene rings is 2. The zero-order valence-electron chi connectivity index (χ0n) is 19.5. The van der Waals surface area contributed by atoms with Gasteiger partial charge in [0.15, 0.2) is 0 Å². The molecule has 34 heavy (non-hydrogen) atoms. The van der Waals surface area contributed by atoms with Crippen LogP contribution in [-0.4, -0.2) is 41.0 Å². The Hall–Kier alpha value is -3.54. The average molecular weight is 455 g/mol. The van der Waals surface area contributed by atoms with Gasteiger partial charge >= 0.3 is 0 Å². The first-order valence-corrected chi connectivity index (χ1v) is 12.3. The van der Waals surface area contributed by atoms with Crippen molar-refractivity contribution in [2.45, 2.75) is 38.8 Å². The quantitative estimate of drug-likeness (QED) is 0.590. The molecule has 1 saturated heterocycles. The molecule has 2 atom stereocenters. The fraction of sp³-hybridized carbons (Fsp3) is 0.357. The molecule has 1 aliphatic carbocycles. The molecule has 2 aliphatic heterocycles. The summed E-state index contributed by atoms with van der Waals surface area (Å²) in [7, 11) is 0. The minimum absolute atomic E-state index is 0.0430. The Bertz CT molecular complexity index is 1270. The number of carbonyl (C=O) groups excluding carboxylic acids is 2. The summed E-state index contributed by atoms with van der Waals surface area (Å²) in [6, 6.07) is 17.1. The van der Waals surface area contributed by atoms with Crippen LogP contribution in [0.25, 0.3) is 22.0 Å². The lowest BCUT2D eigenvalue weighted by Crippen LogP contribution is -2.51. The highest BCUT2D eigenvalue weighted by molar-refractivity contribution is 5.91. The van der Waals surface area contributed by atoms with Gasteiger partial charge in [-0.1, -0.05) is 24.3 Å². The van der Waals surface area contributed by atoms with Crippen molar-refractivity contribution in [3.8, 4) is 11.1 Å². The molecule has 3 aliphatic rings. The van der Waals surface area contributed by atoms with E-state index in [4.69, 9.17) is 0 Å². The number of aromatic nitrogens is 1. The van der Waals surface area contributed by atoms with E-state index in [2.05, 4.69) is 63.7 Å². The number of likely N-dealkylation sites (tertiary alicyclic amines) is 1. The number of H-pyrrole nitrogens is 1. The number of hydrogen-bond donors (Lipinski definition) is 2. The number of nitrogens with zero attached hydrogens (tertiary/aromatic N) is 2. The normalized spacial score (nSPS) is 22.7. The second-order valence-corrected chi connectivity index (χ2v) is 9.96. The van der Waals surface area contributed by atoms with Gasteiger partial charge in [0.25, 0.3) is 0 Å². The molecule has 6 nitrogen and oxygen atoms in total. The van der Waals surface area contributed by atoms with E-state index in [9.17, 15) is 9.59 Å². The van der Waals surface area contributed by atoms with Crippen LogP contribution in [0.3, 0.4) is 0 Å². The van der Waals surface area contributed by atoms with Crippen LogP contribution in [-0.2, 0) is 9.59 Å². The fourth-order valence-corrected chi connectivity index (χ4v) is 5.49. The summed E-state index contributed by atoms with van der Waals surface area (Å²) < 4.78 is 0. The highest BCUT2D eigenvalue weighted by Gasteiger charge is 2.38. The third kappa shape index (κ3) is 3.98. The number of allylic oxidation sites excluding steroid dienone is 1. The zero-order valence-corrected chi connectivity index (χ0v) is 19.5. The van der Waals surface area contributed by atoms with Crippen LogP contribution >= 0.6 is 0 Å². The molecule has 3 heterocycles. The third-order valence-corrected chi connectivity index (χ3v) is 7.46. The predicted molar refractivity (Wildman–Crippen MR) is 134 cm³/mol. The van der Waals surface area contributed by atoms with E-state index in [0.29, 0.717) is 11.8 Å². The van der Waals surface area contributed by atoms with Crippen LogP contribution in [0, 0.1) is 11.8 Å². The van der Waals surface area contributed by atoms with E-state index >= 15 is 0 Å². The molecule has 0 bridgehead atoms. The van der Waals surface area contributed by atoms with Crippen molar-refractivity contribution < 1.29 is 9.59 Å². The van der Waals surface area contributed by atoms with Crippen molar-refractivity contribution in [2.75, 3.05) is 18.0 Å². The molecule has 1 saturated carbocycles. The Kier molecular flexibility index (Phi) is 5.16. The summed E-state index contributed by atoms with van der Waals surface area (Å²) in [5.41, 5.74) is 5.46. The fourth-order valence-electron chi connectivity index (χ4n) is 5.49. The molecule has 2 aromatic carbocycles. The second-order valence-electron chi connectivity index (χ2n) is 9.96. The van der Waals surface area contributed by atoms with Gasteiger partial charge in [-0.25, -0.2) is 0 Å². The van der Waals surface area contributed by atoms with Crippen molar-refractivity contribution >= 4 is 28.4 Å². The molecule has 0 radical (unpaired) electrons. The van der Waals surface area contributed by atoms with Crippen LogP contribution in [0.4, 0.5) is 5.69 Å². The Balaban J connectivity index is 1.21. The van der Waals surface area contributed by atoms with Gasteiger partial charge in [0.1, 0.15) is 6.17 Å². The van der Waals surface area contributed by atoms with Gasteiger partial charge in [-0.15, -0.1) is 0 Å².